The van der Waals surface area contributed by atoms with E-state index in [0.29, 0.717) is 18.8 Å². The van der Waals surface area contributed by atoms with E-state index in [0.717, 1.165) is 6.42 Å². The van der Waals surface area contributed by atoms with Crippen molar-refractivity contribution in [3.8, 4) is 0 Å². The maximum Gasteiger partial charge on any atom is 0.337 e. The summed E-state index contributed by atoms with van der Waals surface area (Å²) >= 11 is 0. The summed E-state index contributed by atoms with van der Waals surface area (Å²) in [5.74, 6) is -0.981. The minimum absolute atomic E-state index is 0.0806. The predicted octanol–water partition coefficient (Wildman–Crippen LogP) is 1.64. The number of nitrogens with zero attached hydrogens (tertiary/aromatic N) is 2. The fourth-order valence-corrected chi connectivity index (χ4v) is 2.62. The first kappa shape index (κ1) is 15.3. The van der Waals surface area contributed by atoms with Crippen molar-refractivity contribution in [2.24, 2.45) is 5.92 Å². The molecule has 6 heteroatoms. The second kappa shape index (κ2) is 6.13. The topological polar surface area (TPSA) is 81.1 Å². The van der Waals surface area contributed by atoms with Crippen molar-refractivity contribution in [2.45, 2.75) is 19.4 Å². The maximum absolute atomic E-state index is 12.5. The molecule has 2 unspecified atom stereocenters. The van der Waals surface area contributed by atoms with Crippen molar-refractivity contribution in [2.75, 3.05) is 25.0 Å². The molecule has 21 heavy (non-hydrogen) atoms. The van der Waals surface area contributed by atoms with Crippen LogP contribution in [0.5, 0.6) is 0 Å². The molecule has 2 rings (SSSR count). The van der Waals surface area contributed by atoms with E-state index in [4.69, 9.17) is 0 Å². The van der Waals surface area contributed by atoms with Crippen LogP contribution in [-0.2, 0) is 0 Å². The van der Waals surface area contributed by atoms with Crippen molar-refractivity contribution < 1.29 is 19.8 Å². The molecule has 0 spiro atoms. The van der Waals surface area contributed by atoms with Crippen LogP contribution in [0.1, 0.15) is 23.7 Å². The molecule has 1 heterocycles. The van der Waals surface area contributed by atoms with Crippen molar-refractivity contribution in [3.05, 3.63) is 29.8 Å². The molecule has 2 atom stereocenters. The largest absolute Gasteiger partial charge is 0.478 e. The normalized spacial score (nSPS) is 19.4. The van der Waals surface area contributed by atoms with E-state index in [1.165, 1.54) is 11.0 Å². The Morgan fingerprint density at radius 2 is 2.05 bits per heavy atom. The van der Waals surface area contributed by atoms with E-state index < -0.39 is 12.1 Å². The average Bonchev–Trinajstić information content (AvgIpc) is 2.95. The fraction of sp³-hybridized carbons (Fsp3) is 0.467. The Kier molecular flexibility index (Phi) is 4.47. The van der Waals surface area contributed by atoms with Crippen LogP contribution in [0.4, 0.5) is 10.5 Å². The maximum atomic E-state index is 12.5. The number of rotatable bonds is 3. The number of aliphatic hydroxyl groups excluding tert-OH is 1. The number of carbonyl (C=O) groups excluding carboxylic acids is 1. The second-order valence-electron chi connectivity index (χ2n) is 5.40. The van der Waals surface area contributed by atoms with Gasteiger partial charge in [0.05, 0.1) is 17.4 Å². The Morgan fingerprint density at radius 3 is 2.62 bits per heavy atom. The Hall–Kier alpha value is -2.08. The molecule has 1 aromatic carbocycles. The molecule has 1 aromatic rings. The number of carbonyl (C=O) groups is 2. The van der Waals surface area contributed by atoms with Gasteiger partial charge >= 0.3 is 12.0 Å². The van der Waals surface area contributed by atoms with Crippen molar-refractivity contribution in [3.63, 3.8) is 0 Å². The van der Waals surface area contributed by atoms with Gasteiger partial charge in [-0.2, -0.15) is 0 Å². The van der Waals surface area contributed by atoms with E-state index in [-0.39, 0.29) is 17.5 Å². The molecule has 6 nitrogen and oxygen atoms in total. The third-order valence-corrected chi connectivity index (χ3v) is 3.96. The lowest BCUT2D eigenvalue weighted by Gasteiger charge is -2.26. The third-order valence-electron chi connectivity index (χ3n) is 3.96. The highest BCUT2D eigenvalue weighted by atomic mass is 16.4. The number of hydrogen-bond donors (Lipinski definition) is 2. The molecule has 0 bridgehead atoms. The van der Waals surface area contributed by atoms with E-state index in [1.807, 2.05) is 0 Å². The first-order chi connectivity index (χ1) is 9.91. The first-order valence-corrected chi connectivity index (χ1v) is 6.95. The Labute approximate surface area is 123 Å². The fourth-order valence-electron chi connectivity index (χ4n) is 2.62. The number of amides is 2. The molecular formula is C15H20N2O4. The van der Waals surface area contributed by atoms with Gasteiger partial charge in [-0.3, -0.25) is 4.90 Å². The zero-order valence-corrected chi connectivity index (χ0v) is 12.2. The number of likely N-dealkylation sites (tertiary alicyclic amines) is 1. The van der Waals surface area contributed by atoms with E-state index in [9.17, 15) is 19.8 Å². The highest BCUT2D eigenvalue weighted by Crippen LogP contribution is 2.24. The molecule has 0 radical (unpaired) electrons. The number of urea groups is 1. The van der Waals surface area contributed by atoms with Crippen molar-refractivity contribution in [1.82, 2.24) is 4.90 Å². The highest BCUT2D eigenvalue weighted by molar-refractivity contribution is 6.01. The summed E-state index contributed by atoms with van der Waals surface area (Å²) in [6, 6.07) is 6.18. The summed E-state index contributed by atoms with van der Waals surface area (Å²) < 4.78 is 0. The van der Waals surface area contributed by atoms with Gasteiger partial charge in [-0.1, -0.05) is 12.1 Å². The van der Waals surface area contributed by atoms with Crippen molar-refractivity contribution in [1.29, 1.82) is 0 Å². The lowest BCUT2D eigenvalue weighted by molar-refractivity contribution is 0.0697. The third kappa shape index (κ3) is 3.16. The standard InChI is InChI=1S/C15H20N2O4/c1-10(18)11-7-8-17(9-11)15(21)16(2)13-6-4-3-5-12(13)14(19)20/h3-6,10-11,18H,7-9H2,1-2H3,(H,19,20). The molecule has 1 fully saturated rings. The van der Waals surface area contributed by atoms with Crippen LogP contribution in [0.2, 0.25) is 0 Å². The Balaban J connectivity index is 2.15. The number of anilines is 1. The summed E-state index contributed by atoms with van der Waals surface area (Å²) in [4.78, 5) is 26.7. The number of aromatic carboxylic acids is 1. The van der Waals surface area contributed by atoms with Gasteiger partial charge in [-0.25, -0.2) is 9.59 Å². The van der Waals surface area contributed by atoms with Crippen molar-refractivity contribution >= 4 is 17.7 Å². The number of para-hydroxylation sites is 1. The zero-order valence-electron chi connectivity index (χ0n) is 12.2. The van der Waals surface area contributed by atoms with Gasteiger partial charge in [-0.15, -0.1) is 0 Å². The van der Waals surface area contributed by atoms with E-state index in [1.54, 1.807) is 37.1 Å². The molecule has 1 saturated heterocycles. The minimum Gasteiger partial charge on any atom is -0.478 e. The molecule has 0 aromatic heterocycles. The molecule has 114 valence electrons. The smallest absolute Gasteiger partial charge is 0.337 e. The molecule has 2 amide bonds. The molecule has 2 N–H and O–H groups in total. The SMILES string of the molecule is CC(O)C1CCN(C(=O)N(C)c2ccccc2C(=O)O)C1. The van der Waals surface area contributed by atoms with Crippen LogP contribution in [0.25, 0.3) is 0 Å². The Bertz CT molecular complexity index is 544. The number of carboxylic acid groups (broad SMARTS) is 1. The lowest BCUT2D eigenvalue weighted by Crippen LogP contribution is -2.41. The van der Waals surface area contributed by atoms with Crippen LogP contribution >= 0.6 is 0 Å². The summed E-state index contributed by atoms with van der Waals surface area (Å²) in [6.45, 7) is 2.80. The molecule has 1 aliphatic heterocycles. The molecule has 1 aliphatic rings. The van der Waals surface area contributed by atoms with E-state index in [2.05, 4.69) is 0 Å². The van der Waals surface area contributed by atoms with Gasteiger partial charge in [0.2, 0.25) is 0 Å². The van der Waals surface area contributed by atoms with Gasteiger partial charge < -0.3 is 15.1 Å². The second-order valence-corrected chi connectivity index (χ2v) is 5.40. The van der Waals surface area contributed by atoms with Crippen LogP contribution in [0.15, 0.2) is 24.3 Å². The van der Waals surface area contributed by atoms with Crippen LogP contribution in [0, 0.1) is 5.92 Å². The monoisotopic (exact) mass is 292 g/mol. The number of aliphatic hydroxyl groups is 1. The Morgan fingerprint density at radius 1 is 1.38 bits per heavy atom. The zero-order chi connectivity index (χ0) is 15.6. The van der Waals surface area contributed by atoms with Gasteiger partial charge in [0.15, 0.2) is 0 Å². The highest BCUT2D eigenvalue weighted by Gasteiger charge is 2.31. The van der Waals surface area contributed by atoms with Gasteiger partial charge in [0.1, 0.15) is 0 Å². The van der Waals surface area contributed by atoms with Gasteiger partial charge in [-0.05, 0) is 25.5 Å². The quantitative estimate of drug-likeness (QED) is 0.887. The minimum atomic E-state index is -1.06. The first-order valence-electron chi connectivity index (χ1n) is 6.95. The van der Waals surface area contributed by atoms with Gasteiger partial charge in [0.25, 0.3) is 0 Å². The summed E-state index contributed by atoms with van der Waals surface area (Å²) in [7, 11) is 1.57. The van der Waals surface area contributed by atoms with Crippen LogP contribution < -0.4 is 4.90 Å². The van der Waals surface area contributed by atoms with Crippen LogP contribution in [0.3, 0.4) is 0 Å². The number of hydrogen-bond acceptors (Lipinski definition) is 3. The lowest BCUT2D eigenvalue weighted by atomic mass is 10.0. The van der Waals surface area contributed by atoms with E-state index >= 15 is 0 Å². The predicted molar refractivity (Wildman–Crippen MR) is 78.6 cm³/mol. The number of carboxylic acids is 1. The summed E-state index contributed by atoms with van der Waals surface area (Å²) in [6.07, 6.45) is 0.317. The summed E-state index contributed by atoms with van der Waals surface area (Å²) in [5, 5.41) is 18.8. The molecule has 0 aliphatic carbocycles. The van der Waals surface area contributed by atoms with Gasteiger partial charge in [0, 0.05) is 26.1 Å². The average molecular weight is 292 g/mol. The van der Waals surface area contributed by atoms with Crippen LogP contribution in [-0.4, -0.2) is 53.4 Å². The number of benzene rings is 1. The molecule has 0 saturated carbocycles. The summed E-state index contributed by atoms with van der Waals surface area (Å²) in [5.41, 5.74) is 0.468. The molecular weight excluding hydrogens is 272 g/mol.